The van der Waals surface area contributed by atoms with Gasteiger partial charge in [0.05, 0.1) is 14.7 Å². The summed E-state index contributed by atoms with van der Waals surface area (Å²) in [5.41, 5.74) is 0. The van der Waals surface area contributed by atoms with Gasteiger partial charge in [-0.25, -0.2) is 0 Å². The van der Waals surface area contributed by atoms with Crippen LogP contribution in [0.3, 0.4) is 0 Å². The van der Waals surface area contributed by atoms with Gasteiger partial charge in [0.15, 0.2) is 0 Å². The van der Waals surface area contributed by atoms with Crippen molar-refractivity contribution in [3.8, 4) is 0 Å². The van der Waals surface area contributed by atoms with E-state index in [1.165, 1.54) is 0 Å². The third kappa shape index (κ3) is 3.43. The maximum absolute atomic E-state index is 8.88. The SMILES string of the molecule is CC(O)C(Br)C(Br)Br. The second-order valence-electron chi connectivity index (χ2n) is 1.52. The van der Waals surface area contributed by atoms with E-state index in [9.17, 15) is 0 Å². The predicted octanol–water partition coefficient (Wildman–Crippen LogP) is 2.25. The van der Waals surface area contributed by atoms with Crippen LogP contribution < -0.4 is 0 Å². The summed E-state index contributed by atoms with van der Waals surface area (Å²) >= 11 is 9.76. The van der Waals surface area contributed by atoms with Gasteiger partial charge in [0.2, 0.25) is 0 Å². The first-order valence-electron chi connectivity index (χ1n) is 2.16. The molecule has 0 aromatic carbocycles. The molecule has 0 rings (SSSR count). The van der Waals surface area contributed by atoms with Gasteiger partial charge in [0, 0.05) is 0 Å². The molecular formula is C4H7Br3O. The van der Waals surface area contributed by atoms with Gasteiger partial charge in [-0.2, -0.15) is 0 Å². The highest BCUT2D eigenvalue weighted by Crippen LogP contribution is 2.22. The van der Waals surface area contributed by atoms with Crippen molar-refractivity contribution in [1.29, 1.82) is 0 Å². The highest BCUT2D eigenvalue weighted by Gasteiger charge is 2.16. The molecule has 0 radical (unpaired) electrons. The van der Waals surface area contributed by atoms with Crippen molar-refractivity contribution in [2.75, 3.05) is 0 Å². The van der Waals surface area contributed by atoms with Crippen molar-refractivity contribution in [2.24, 2.45) is 0 Å². The number of rotatable bonds is 2. The maximum Gasteiger partial charge on any atom is 0.0847 e. The van der Waals surface area contributed by atoms with E-state index in [4.69, 9.17) is 5.11 Å². The van der Waals surface area contributed by atoms with E-state index >= 15 is 0 Å². The monoisotopic (exact) mass is 308 g/mol. The third-order valence-electron chi connectivity index (χ3n) is 0.702. The van der Waals surface area contributed by atoms with E-state index in [-0.39, 0.29) is 14.7 Å². The van der Waals surface area contributed by atoms with Crippen LogP contribution in [-0.2, 0) is 0 Å². The van der Waals surface area contributed by atoms with Crippen LogP contribution in [0.4, 0.5) is 0 Å². The Morgan fingerprint density at radius 1 is 1.25 bits per heavy atom. The minimum Gasteiger partial charge on any atom is -0.392 e. The first-order valence-corrected chi connectivity index (χ1v) is 4.90. The number of alkyl halides is 3. The van der Waals surface area contributed by atoms with Crippen molar-refractivity contribution in [3.05, 3.63) is 0 Å². The first-order chi connectivity index (χ1) is 3.55. The zero-order chi connectivity index (χ0) is 6.73. The highest BCUT2D eigenvalue weighted by molar-refractivity contribution is 9.25. The van der Waals surface area contributed by atoms with Crippen molar-refractivity contribution in [1.82, 2.24) is 0 Å². The van der Waals surface area contributed by atoms with Gasteiger partial charge < -0.3 is 5.11 Å². The fraction of sp³-hybridized carbons (Fsp3) is 1.00. The Kier molecular flexibility index (Phi) is 5.00. The summed E-state index contributed by atoms with van der Waals surface area (Å²) in [4.78, 5) is 0.0718. The molecular weight excluding hydrogens is 304 g/mol. The van der Waals surface area contributed by atoms with Crippen LogP contribution in [-0.4, -0.2) is 19.8 Å². The summed E-state index contributed by atoms with van der Waals surface area (Å²) in [6.07, 6.45) is -0.334. The average Bonchev–Trinajstić information content (AvgIpc) is 1.64. The largest absolute Gasteiger partial charge is 0.392 e. The summed E-state index contributed by atoms with van der Waals surface area (Å²) in [5, 5.41) is 8.88. The molecule has 0 aliphatic heterocycles. The van der Waals surface area contributed by atoms with Crippen LogP contribution in [0.5, 0.6) is 0 Å². The molecule has 50 valence electrons. The Bertz CT molecular complexity index is 56.3. The van der Waals surface area contributed by atoms with E-state index in [1.807, 2.05) is 0 Å². The fourth-order valence-corrected chi connectivity index (χ4v) is 1.09. The topological polar surface area (TPSA) is 20.2 Å². The standard InChI is InChI=1S/C4H7Br3O/c1-2(8)3(5)4(6)7/h2-4,8H,1H3. The summed E-state index contributed by atoms with van der Waals surface area (Å²) in [5.74, 6) is 0. The molecule has 0 bridgehead atoms. The molecule has 0 fully saturated rings. The molecule has 0 aromatic rings. The Balaban J connectivity index is 3.46. The van der Waals surface area contributed by atoms with Gasteiger partial charge in [-0.3, -0.25) is 0 Å². The van der Waals surface area contributed by atoms with Crippen LogP contribution in [0.1, 0.15) is 6.92 Å². The van der Waals surface area contributed by atoms with E-state index in [1.54, 1.807) is 6.92 Å². The lowest BCUT2D eigenvalue weighted by molar-refractivity contribution is 0.198. The van der Waals surface area contributed by atoms with Crippen LogP contribution in [0, 0.1) is 0 Å². The van der Waals surface area contributed by atoms with Crippen LogP contribution >= 0.6 is 47.8 Å². The van der Waals surface area contributed by atoms with Crippen molar-refractivity contribution in [2.45, 2.75) is 21.6 Å². The molecule has 1 nitrogen and oxygen atoms in total. The maximum atomic E-state index is 8.88. The molecule has 0 spiro atoms. The zero-order valence-electron chi connectivity index (χ0n) is 4.31. The van der Waals surface area contributed by atoms with Crippen LogP contribution in [0.2, 0.25) is 0 Å². The molecule has 2 atom stereocenters. The van der Waals surface area contributed by atoms with E-state index < -0.39 is 0 Å². The number of hydrogen-bond donors (Lipinski definition) is 1. The van der Waals surface area contributed by atoms with Crippen molar-refractivity contribution in [3.63, 3.8) is 0 Å². The summed E-state index contributed by atoms with van der Waals surface area (Å²) < 4.78 is 0.134. The Morgan fingerprint density at radius 2 is 1.62 bits per heavy atom. The molecule has 2 unspecified atom stereocenters. The fourth-order valence-electron chi connectivity index (χ4n) is 0.211. The number of aliphatic hydroxyl groups is 1. The molecule has 0 aliphatic rings. The van der Waals surface area contributed by atoms with Gasteiger partial charge >= 0.3 is 0 Å². The molecule has 0 saturated carbocycles. The average molecular weight is 311 g/mol. The van der Waals surface area contributed by atoms with E-state index in [0.717, 1.165) is 0 Å². The molecule has 1 N–H and O–H groups in total. The molecule has 0 heterocycles. The highest BCUT2D eigenvalue weighted by atomic mass is 79.9. The first kappa shape index (κ1) is 9.40. The summed E-state index contributed by atoms with van der Waals surface area (Å²) in [7, 11) is 0. The zero-order valence-corrected chi connectivity index (χ0v) is 9.07. The Morgan fingerprint density at radius 3 is 1.62 bits per heavy atom. The number of aliphatic hydroxyl groups excluding tert-OH is 1. The van der Waals surface area contributed by atoms with Gasteiger partial charge in [-0.05, 0) is 6.92 Å². The summed E-state index contributed by atoms with van der Waals surface area (Å²) in [6.45, 7) is 1.73. The predicted molar refractivity (Wildman–Crippen MR) is 46.0 cm³/mol. The van der Waals surface area contributed by atoms with E-state index in [0.29, 0.717) is 0 Å². The van der Waals surface area contributed by atoms with Gasteiger partial charge in [-0.1, -0.05) is 47.8 Å². The molecule has 4 heteroatoms. The number of hydrogen-bond acceptors (Lipinski definition) is 1. The normalized spacial score (nSPS) is 18.8. The molecule has 0 aromatic heterocycles. The van der Waals surface area contributed by atoms with Crippen molar-refractivity contribution >= 4 is 47.8 Å². The lowest BCUT2D eigenvalue weighted by Gasteiger charge is -2.12. The number of halogens is 3. The molecule has 0 amide bonds. The van der Waals surface area contributed by atoms with Gasteiger partial charge in [-0.15, -0.1) is 0 Å². The lowest BCUT2D eigenvalue weighted by atomic mass is 10.3. The van der Waals surface area contributed by atoms with Crippen LogP contribution in [0.15, 0.2) is 0 Å². The quantitative estimate of drug-likeness (QED) is 0.776. The third-order valence-corrected chi connectivity index (χ3v) is 4.55. The van der Waals surface area contributed by atoms with Crippen molar-refractivity contribution < 1.29 is 5.11 Å². The Hall–Kier alpha value is 1.40. The second-order valence-corrected chi connectivity index (χ2v) is 5.78. The molecule has 0 aliphatic carbocycles. The van der Waals surface area contributed by atoms with E-state index in [2.05, 4.69) is 47.8 Å². The van der Waals surface area contributed by atoms with Gasteiger partial charge in [0.1, 0.15) is 0 Å². The van der Waals surface area contributed by atoms with Gasteiger partial charge in [0.25, 0.3) is 0 Å². The Labute approximate surface area is 74.2 Å². The molecule has 0 saturated heterocycles. The summed E-state index contributed by atoms with van der Waals surface area (Å²) in [6, 6.07) is 0. The smallest absolute Gasteiger partial charge is 0.0847 e. The minimum atomic E-state index is -0.334. The molecule has 8 heavy (non-hydrogen) atoms. The van der Waals surface area contributed by atoms with Crippen LogP contribution in [0.25, 0.3) is 0 Å². The minimum absolute atomic E-state index is 0.0718. The second kappa shape index (κ2) is 4.25. The lowest BCUT2D eigenvalue weighted by Crippen LogP contribution is -2.21.